The molecule has 1 N–H and O–H groups in total. The van der Waals surface area contributed by atoms with Gasteiger partial charge in [-0.15, -0.1) is 0 Å². The molecule has 0 aliphatic rings. The molecule has 2 unspecified atom stereocenters. The second kappa shape index (κ2) is 7.00. The lowest BCUT2D eigenvalue weighted by Gasteiger charge is -2.22. The first-order chi connectivity index (χ1) is 8.06. The highest BCUT2D eigenvalue weighted by Gasteiger charge is 2.12. The molecule has 0 aromatic heterocycles. The summed E-state index contributed by atoms with van der Waals surface area (Å²) < 4.78 is 14.1. The molecule has 0 fully saturated rings. The normalized spacial score (nSPS) is 14.4. The van der Waals surface area contributed by atoms with Crippen LogP contribution in [0.25, 0.3) is 0 Å². The minimum Gasteiger partial charge on any atom is -0.381 e. The molecule has 2 atom stereocenters. The molecule has 96 valence electrons. The lowest BCUT2D eigenvalue weighted by Crippen LogP contribution is -2.21. The molecule has 0 saturated heterocycles. The van der Waals surface area contributed by atoms with Crippen LogP contribution in [0.1, 0.15) is 40.0 Å². The first-order valence-corrected chi connectivity index (χ1v) is 7.07. The van der Waals surface area contributed by atoms with Gasteiger partial charge in [-0.05, 0) is 52.9 Å². The average molecular weight is 302 g/mol. The lowest BCUT2D eigenvalue weighted by atomic mass is 9.97. The molecule has 1 aromatic rings. The fourth-order valence-electron chi connectivity index (χ4n) is 1.81. The van der Waals surface area contributed by atoms with E-state index in [0.29, 0.717) is 12.0 Å². The van der Waals surface area contributed by atoms with Crippen LogP contribution in [0.2, 0.25) is 0 Å². The van der Waals surface area contributed by atoms with Gasteiger partial charge in [0.25, 0.3) is 0 Å². The van der Waals surface area contributed by atoms with Gasteiger partial charge in [-0.2, -0.15) is 0 Å². The van der Waals surface area contributed by atoms with Crippen LogP contribution in [0.3, 0.4) is 0 Å². The highest BCUT2D eigenvalue weighted by molar-refractivity contribution is 9.10. The second-order valence-electron chi connectivity index (χ2n) is 4.62. The molecule has 0 spiro atoms. The third-order valence-corrected chi connectivity index (χ3v) is 3.86. The fraction of sp³-hybridized carbons (Fsp3) is 0.571. The van der Waals surface area contributed by atoms with Crippen molar-refractivity contribution in [3.05, 3.63) is 28.5 Å². The maximum Gasteiger partial charge on any atom is 0.125 e. The quantitative estimate of drug-likeness (QED) is 0.760. The van der Waals surface area contributed by atoms with Crippen molar-refractivity contribution in [1.82, 2.24) is 0 Å². The maximum absolute atomic E-state index is 13.2. The minimum absolute atomic E-state index is 0.200. The van der Waals surface area contributed by atoms with Crippen LogP contribution in [0, 0.1) is 11.7 Å². The molecule has 1 nitrogen and oxygen atoms in total. The van der Waals surface area contributed by atoms with Crippen molar-refractivity contribution >= 4 is 21.6 Å². The smallest absolute Gasteiger partial charge is 0.125 e. The largest absolute Gasteiger partial charge is 0.381 e. The van der Waals surface area contributed by atoms with Gasteiger partial charge in [0, 0.05) is 10.5 Å². The number of hydrogen-bond acceptors (Lipinski definition) is 1. The Morgan fingerprint density at radius 2 is 2.00 bits per heavy atom. The third-order valence-electron chi connectivity index (χ3n) is 3.16. The highest BCUT2D eigenvalue weighted by Crippen LogP contribution is 2.25. The van der Waals surface area contributed by atoms with Crippen molar-refractivity contribution in [3.8, 4) is 0 Å². The fourth-order valence-corrected chi connectivity index (χ4v) is 2.17. The van der Waals surface area contributed by atoms with Gasteiger partial charge in [0.15, 0.2) is 0 Å². The average Bonchev–Trinajstić information content (AvgIpc) is 2.32. The molecule has 17 heavy (non-hydrogen) atoms. The Morgan fingerprint density at radius 3 is 2.59 bits per heavy atom. The van der Waals surface area contributed by atoms with Crippen LogP contribution in [-0.4, -0.2) is 6.04 Å². The molecule has 3 heteroatoms. The van der Waals surface area contributed by atoms with Gasteiger partial charge in [0.1, 0.15) is 5.82 Å². The van der Waals surface area contributed by atoms with Crippen LogP contribution in [0.5, 0.6) is 0 Å². The van der Waals surface area contributed by atoms with Gasteiger partial charge in [-0.3, -0.25) is 0 Å². The van der Waals surface area contributed by atoms with Crippen LogP contribution in [-0.2, 0) is 0 Å². The van der Waals surface area contributed by atoms with E-state index in [0.717, 1.165) is 23.0 Å². The molecule has 1 rings (SSSR count). The Balaban J connectivity index is 2.69. The first-order valence-electron chi connectivity index (χ1n) is 6.28. The minimum atomic E-state index is -0.200. The van der Waals surface area contributed by atoms with Gasteiger partial charge >= 0.3 is 0 Å². The third kappa shape index (κ3) is 4.66. The summed E-state index contributed by atoms with van der Waals surface area (Å²) >= 11 is 3.44. The van der Waals surface area contributed by atoms with Crippen LogP contribution < -0.4 is 5.32 Å². The van der Waals surface area contributed by atoms with Gasteiger partial charge in [0.2, 0.25) is 0 Å². The van der Waals surface area contributed by atoms with E-state index >= 15 is 0 Å². The standard InChI is InChI=1S/C14H21BrFN/c1-4-10(3)8-12(5-2)17-14-9-11(16)6-7-13(14)15/h6-7,9-10,12,17H,4-5,8H2,1-3H3. The molecule has 0 saturated carbocycles. The summed E-state index contributed by atoms with van der Waals surface area (Å²) in [6, 6.07) is 5.16. The summed E-state index contributed by atoms with van der Waals surface area (Å²) in [6.07, 6.45) is 3.35. The zero-order valence-electron chi connectivity index (χ0n) is 10.8. The predicted octanol–water partition coefficient (Wildman–Crippen LogP) is 5.21. The summed E-state index contributed by atoms with van der Waals surface area (Å²) in [4.78, 5) is 0. The molecule has 0 amide bonds. The molecule has 1 aromatic carbocycles. The van der Waals surface area contributed by atoms with Crippen molar-refractivity contribution < 1.29 is 4.39 Å². The Morgan fingerprint density at radius 1 is 1.29 bits per heavy atom. The summed E-state index contributed by atoms with van der Waals surface area (Å²) in [5.41, 5.74) is 0.847. The number of hydrogen-bond donors (Lipinski definition) is 1. The predicted molar refractivity (Wildman–Crippen MR) is 75.9 cm³/mol. The van der Waals surface area contributed by atoms with E-state index in [-0.39, 0.29) is 5.82 Å². The van der Waals surface area contributed by atoms with E-state index in [1.807, 2.05) is 0 Å². The molecule has 0 radical (unpaired) electrons. The zero-order chi connectivity index (χ0) is 12.8. The Bertz CT molecular complexity index is 354. The Hall–Kier alpha value is -0.570. The molecule has 0 bridgehead atoms. The van der Waals surface area contributed by atoms with E-state index in [4.69, 9.17) is 0 Å². The maximum atomic E-state index is 13.2. The number of anilines is 1. The first kappa shape index (κ1) is 14.5. The number of rotatable bonds is 6. The number of nitrogens with one attached hydrogen (secondary N) is 1. The zero-order valence-corrected chi connectivity index (χ0v) is 12.3. The summed E-state index contributed by atoms with van der Waals surface area (Å²) in [6.45, 7) is 6.62. The van der Waals surface area contributed by atoms with E-state index in [1.54, 1.807) is 12.1 Å². The van der Waals surface area contributed by atoms with E-state index in [1.165, 1.54) is 12.5 Å². The Labute approximate surface area is 112 Å². The molecular weight excluding hydrogens is 281 g/mol. The summed E-state index contributed by atoms with van der Waals surface area (Å²) in [7, 11) is 0. The SMILES string of the molecule is CCC(C)CC(CC)Nc1cc(F)ccc1Br. The summed E-state index contributed by atoms with van der Waals surface area (Å²) in [5.74, 6) is 0.494. The lowest BCUT2D eigenvalue weighted by molar-refractivity contribution is 0.461. The van der Waals surface area contributed by atoms with E-state index in [2.05, 4.69) is 42.0 Å². The van der Waals surface area contributed by atoms with Gasteiger partial charge in [-0.25, -0.2) is 4.39 Å². The number of halogens is 2. The molecule has 0 heterocycles. The monoisotopic (exact) mass is 301 g/mol. The van der Waals surface area contributed by atoms with Crippen molar-refractivity contribution in [2.24, 2.45) is 5.92 Å². The second-order valence-corrected chi connectivity index (χ2v) is 5.48. The summed E-state index contributed by atoms with van der Waals surface area (Å²) in [5, 5.41) is 3.42. The number of benzene rings is 1. The van der Waals surface area contributed by atoms with Crippen molar-refractivity contribution in [2.75, 3.05) is 5.32 Å². The van der Waals surface area contributed by atoms with Gasteiger partial charge in [-0.1, -0.05) is 27.2 Å². The van der Waals surface area contributed by atoms with Gasteiger partial charge < -0.3 is 5.32 Å². The van der Waals surface area contributed by atoms with Crippen LogP contribution >= 0.6 is 15.9 Å². The van der Waals surface area contributed by atoms with E-state index in [9.17, 15) is 4.39 Å². The molecule has 0 aliphatic heterocycles. The van der Waals surface area contributed by atoms with Crippen molar-refractivity contribution in [1.29, 1.82) is 0 Å². The highest BCUT2D eigenvalue weighted by atomic mass is 79.9. The van der Waals surface area contributed by atoms with Crippen molar-refractivity contribution in [3.63, 3.8) is 0 Å². The van der Waals surface area contributed by atoms with Crippen molar-refractivity contribution in [2.45, 2.75) is 46.1 Å². The topological polar surface area (TPSA) is 12.0 Å². The molecular formula is C14H21BrFN. The van der Waals surface area contributed by atoms with Gasteiger partial charge in [0.05, 0.1) is 5.69 Å². The van der Waals surface area contributed by atoms with Crippen LogP contribution in [0.15, 0.2) is 22.7 Å². The molecule has 0 aliphatic carbocycles. The van der Waals surface area contributed by atoms with Crippen LogP contribution in [0.4, 0.5) is 10.1 Å². The van der Waals surface area contributed by atoms with E-state index < -0.39 is 0 Å². The Kier molecular flexibility index (Phi) is 5.96.